The van der Waals surface area contributed by atoms with Gasteiger partial charge < -0.3 is 29.7 Å². The van der Waals surface area contributed by atoms with Crippen molar-refractivity contribution < 1.29 is 29.0 Å². The van der Waals surface area contributed by atoms with Crippen LogP contribution in [0.3, 0.4) is 0 Å². The van der Waals surface area contributed by atoms with Crippen molar-refractivity contribution in [3.63, 3.8) is 0 Å². The van der Waals surface area contributed by atoms with Crippen molar-refractivity contribution in [2.45, 2.75) is 51.4 Å². The van der Waals surface area contributed by atoms with Gasteiger partial charge in [0.25, 0.3) is 0 Å². The van der Waals surface area contributed by atoms with Crippen LogP contribution >= 0.6 is 0 Å². The first-order valence-corrected chi connectivity index (χ1v) is 11.8. The molecule has 3 heterocycles. The number of anilines is 2. The van der Waals surface area contributed by atoms with Crippen molar-refractivity contribution in [2.75, 3.05) is 43.1 Å². The van der Waals surface area contributed by atoms with Gasteiger partial charge in [-0.25, -0.2) is 0 Å². The molecule has 9 nitrogen and oxygen atoms in total. The predicted molar refractivity (Wildman–Crippen MR) is 122 cm³/mol. The number of esters is 1. The number of nitrogens with one attached hydrogen (secondary N) is 1. The molecule has 1 spiro atoms. The van der Waals surface area contributed by atoms with Crippen LogP contribution in [-0.2, 0) is 23.9 Å². The van der Waals surface area contributed by atoms with Crippen molar-refractivity contribution in [1.29, 1.82) is 0 Å². The molecule has 3 aliphatic rings. The molecular formula is C24H33N3O6. The van der Waals surface area contributed by atoms with Gasteiger partial charge in [-0.15, -0.1) is 0 Å². The van der Waals surface area contributed by atoms with Gasteiger partial charge in [-0.1, -0.05) is 0 Å². The van der Waals surface area contributed by atoms with Gasteiger partial charge >= 0.3 is 5.97 Å². The van der Waals surface area contributed by atoms with Crippen LogP contribution in [0.5, 0.6) is 0 Å². The van der Waals surface area contributed by atoms with Crippen LogP contribution < -0.4 is 10.2 Å². The van der Waals surface area contributed by atoms with Crippen LogP contribution in [0.4, 0.5) is 11.4 Å². The van der Waals surface area contributed by atoms with E-state index in [-0.39, 0.29) is 31.6 Å². The summed E-state index contributed by atoms with van der Waals surface area (Å²) in [6.07, 6.45) is 0.658. The number of likely N-dealkylation sites (tertiary alicyclic amines) is 1. The normalized spacial score (nSPS) is 29.8. The molecule has 2 bridgehead atoms. The Morgan fingerprint density at radius 1 is 1.24 bits per heavy atom. The molecule has 3 saturated heterocycles. The Morgan fingerprint density at radius 2 is 1.94 bits per heavy atom. The number of benzene rings is 1. The van der Waals surface area contributed by atoms with Crippen molar-refractivity contribution in [2.24, 2.45) is 11.8 Å². The minimum absolute atomic E-state index is 0.000357. The lowest BCUT2D eigenvalue weighted by molar-refractivity contribution is -0.154. The van der Waals surface area contributed by atoms with E-state index in [1.807, 2.05) is 24.3 Å². The van der Waals surface area contributed by atoms with Gasteiger partial charge in [0.2, 0.25) is 11.8 Å². The second kappa shape index (κ2) is 9.30. The summed E-state index contributed by atoms with van der Waals surface area (Å²) >= 11 is 0. The highest BCUT2D eigenvalue weighted by molar-refractivity contribution is 6.03. The predicted octanol–water partition coefficient (Wildman–Crippen LogP) is 1.40. The monoisotopic (exact) mass is 459 g/mol. The highest BCUT2D eigenvalue weighted by Crippen LogP contribution is 2.58. The zero-order valence-electron chi connectivity index (χ0n) is 19.5. The smallest absolute Gasteiger partial charge is 0.312 e. The number of β-amino-alcohol motifs (C(OH)–C–C–N with tert-alkyl or cyclic N) is 1. The number of fused-ring (bicyclic) bond motifs is 1. The Kier molecular flexibility index (Phi) is 6.63. The van der Waals surface area contributed by atoms with E-state index in [1.54, 1.807) is 6.92 Å². The lowest BCUT2D eigenvalue weighted by Gasteiger charge is -2.33. The van der Waals surface area contributed by atoms with E-state index in [4.69, 9.17) is 9.47 Å². The summed E-state index contributed by atoms with van der Waals surface area (Å²) in [5.74, 6) is -2.66. The number of nitrogens with zero attached hydrogens (tertiary/aromatic N) is 2. The topological polar surface area (TPSA) is 108 Å². The molecule has 1 aromatic rings. The number of rotatable bonds is 9. The Morgan fingerprint density at radius 3 is 2.55 bits per heavy atom. The molecule has 180 valence electrons. The van der Waals surface area contributed by atoms with Gasteiger partial charge in [-0.2, -0.15) is 0 Å². The number of hydrogen-bond donors (Lipinski definition) is 2. The molecule has 1 aromatic carbocycles. The number of ether oxygens (including phenoxy) is 2. The Bertz CT molecular complexity index is 902. The first-order chi connectivity index (χ1) is 15.9. The van der Waals surface area contributed by atoms with Crippen LogP contribution in [0.15, 0.2) is 24.3 Å². The first-order valence-electron chi connectivity index (χ1n) is 11.8. The molecule has 0 saturated carbocycles. The van der Waals surface area contributed by atoms with Gasteiger partial charge in [-0.3, -0.25) is 14.4 Å². The molecule has 5 atom stereocenters. The SMILES string of the molecule is CCOC(=O)[C@@H]1[C@@H]2CCC3(O2)C(C(=O)Nc2ccc(N(CC)CC)cc2)N(CCO)C(=O)[C@H]13. The Hall–Kier alpha value is -2.65. The third-order valence-electron chi connectivity index (χ3n) is 7.21. The molecule has 2 amide bonds. The molecule has 0 aromatic heterocycles. The average Bonchev–Trinajstić information content (AvgIpc) is 3.44. The zero-order valence-corrected chi connectivity index (χ0v) is 19.5. The van der Waals surface area contributed by atoms with Gasteiger partial charge in [0.15, 0.2) is 0 Å². The fourth-order valence-electron chi connectivity index (χ4n) is 5.86. The standard InChI is InChI=1S/C24H33N3O6/c1-4-26(5-2)16-9-7-15(8-10-16)25-21(29)20-24-12-11-17(33-24)18(23(31)32-6-3)19(24)22(30)27(20)13-14-28/h7-10,17-20,28H,4-6,11-14H2,1-3H3,(H,25,29)/t17-,18+,19-,20?,24?/m0/s1. The maximum Gasteiger partial charge on any atom is 0.312 e. The van der Waals surface area contributed by atoms with E-state index in [9.17, 15) is 19.5 Å². The molecule has 3 fully saturated rings. The largest absolute Gasteiger partial charge is 0.466 e. The summed E-state index contributed by atoms with van der Waals surface area (Å²) < 4.78 is 11.5. The van der Waals surface area contributed by atoms with Crippen molar-refractivity contribution in [3.8, 4) is 0 Å². The highest BCUT2D eigenvalue weighted by Gasteiger charge is 2.74. The molecule has 2 unspecified atom stereocenters. The van der Waals surface area contributed by atoms with Crippen molar-refractivity contribution in [3.05, 3.63) is 24.3 Å². The molecule has 0 aliphatic carbocycles. The highest BCUT2D eigenvalue weighted by atomic mass is 16.6. The van der Waals surface area contributed by atoms with Crippen LogP contribution in [0.25, 0.3) is 0 Å². The molecule has 33 heavy (non-hydrogen) atoms. The zero-order chi connectivity index (χ0) is 23.8. The van der Waals surface area contributed by atoms with Gasteiger partial charge in [0, 0.05) is 31.0 Å². The van der Waals surface area contributed by atoms with E-state index in [0.29, 0.717) is 18.5 Å². The van der Waals surface area contributed by atoms with E-state index in [2.05, 4.69) is 24.1 Å². The lowest BCUT2D eigenvalue weighted by atomic mass is 9.71. The number of aliphatic hydroxyl groups is 1. The summed E-state index contributed by atoms with van der Waals surface area (Å²) in [4.78, 5) is 43.1. The van der Waals surface area contributed by atoms with Crippen molar-refractivity contribution in [1.82, 2.24) is 4.90 Å². The second-order valence-electron chi connectivity index (χ2n) is 8.77. The first kappa shape index (κ1) is 23.5. The Labute approximate surface area is 194 Å². The Balaban J connectivity index is 1.60. The van der Waals surface area contributed by atoms with Crippen LogP contribution in [0.1, 0.15) is 33.6 Å². The average molecular weight is 460 g/mol. The van der Waals surface area contributed by atoms with Crippen LogP contribution in [-0.4, -0.2) is 78.4 Å². The fraction of sp³-hybridized carbons (Fsp3) is 0.625. The minimum Gasteiger partial charge on any atom is -0.466 e. The maximum absolute atomic E-state index is 13.5. The number of aliphatic hydroxyl groups excluding tert-OH is 1. The molecule has 4 rings (SSSR count). The van der Waals surface area contributed by atoms with E-state index in [1.165, 1.54) is 4.90 Å². The van der Waals surface area contributed by atoms with Gasteiger partial charge in [0.05, 0.1) is 31.2 Å². The van der Waals surface area contributed by atoms with E-state index >= 15 is 0 Å². The third-order valence-corrected chi connectivity index (χ3v) is 7.21. The summed E-state index contributed by atoms with van der Waals surface area (Å²) in [5.41, 5.74) is 0.589. The summed E-state index contributed by atoms with van der Waals surface area (Å²) in [7, 11) is 0. The van der Waals surface area contributed by atoms with Crippen LogP contribution in [0, 0.1) is 11.8 Å². The quantitative estimate of drug-likeness (QED) is 0.538. The lowest BCUT2D eigenvalue weighted by Crippen LogP contribution is -2.53. The molecule has 2 N–H and O–H groups in total. The number of hydrogen-bond acceptors (Lipinski definition) is 7. The van der Waals surface area contributed by atoms with Gasteiger partial charge in [0.1, 0.15) is 11.6 Å². The summed E-state index contributed by atoms with van der Waals surface area (Å²) in [5, 5.41) is 12.5. The van der Waals surface area contributed by atoms with Crippen molar-refractivity contribution >= 4 is 29.2 Å². The molecule has 9 heteroatoms. The number of carbonyl (C=O) groups excluding carboxylic acids is 3. The number of amides is 2. The molecule has 3 aliphatic heterocycles. The summed E-state index contributed by atoms with van der Waals surface area (Å²) in [6, 6.07) is 6.64. The van der Waals surface area contributed by atoms with Crippen LogP contribution in [0.2, 0.25) is 0 Å². The molecule has 0 radical (unpaired) electrons. The maximum atomic E-state index is 13.5. The minimum atomic E-state index is -1.08. The number of carbonyl (C=O) groups is 3. The van der Waals surface area contributed by atoms with E-state index < -0.39 is 35.6 Å². The second-order valence-corrected chi connectivity index (χ2v) is 8.77. The summed E-state index contributed by atoms with van der Waals surface area (Å²) in [6.45, 7) is 7.58. The van der Waals surface area contributed by atoms with Gasteiger partial charge in [-0.05, 0) is 57.9 Å². The fourth-order valence-corrected chi connectivity index (χ4v) is 5.86. The van der Waals surface area contributed by atoms with E-state index in [0.717, 1.165) is 18.8 Å². The molecular weight excluding hydrogens is 426 g/mol. The third kappa shape index (κ3) is 3.77.